The van der Waals surface area contributed by atoms with Crippen LogP contribution in [-0.2, 0) is 19.2 Å². The molecule has 1 aliphatic heterocycles. The summed E-state index contributed by atoms with van der Waals surface area (Å²) in [7, 11) is 0. The predicted molar refractivity (Wildman–Crippen MR) is 127 cm³/mol. The van der Waals surface area contributed by atoms with Gasteiger partial charge < -0.3 is 20.3 Å². The molecule has 0 aromatic heterocycles. The second-order valence-corrected chi connectivity index (χ2v) is 8.94. The fourth-order valence-corrected chi connectivity index (χ4v) is 4.21. The molecule has 4 N–H and O–H groups in total. The molecule has 2 aromatic carbocycles. The molecule has 1 saturated heterocycles. The van der Waals surface area contributed by atoms with Crippen molar-refractivity contribution in [2.24, 2.45) is 5.92 Å². The molecule has 0 bridgehead atoms. The summed E-state index contributed by atoms with van der Waals surface area (Å²) in [5.41, 5.74) is 1.84. The second kappa shape index (κ2) is 11.6. The van der Waals surface area contributed by atoms with Crippen LogP contribution < -0.4 is 16.1 Å². The van der Waals surface area contributed by atoms with Gasteiger partial charge in [0, 0.05) is 12.1 Å². The molecule has 4 amide bonds. The number of hydrogen-bond donors (Lipinski definition) is 4. The number of rotatable bonds is 9. The van der Waals surface area contributed by atoms with Gasteiger partial charge in [-0.1, -0.05) is 44.2 Å². The van der Waals surface area contributed by atoms with Crippen LogP contribution >= 0.6 is 0 Å². The van der Waals surface area contributed by atoms with Gasteiger partial charge in [0.1, 0.15) is 18.4 Å². The van der Waals surface area contributed by atoms with E-state index in [1.165, 1.54) is 10.4 Å². The standard InChI is InChI=1S/C25H30N4O6/c1-15(2)22(27-23(32)18-10-9-16-6-3-4-7-17(16)12-18)25(34)29-11-5-8-20(29)24(33)26-19(14-30)13-21(31)28-35/h3-4,6-7,9-10,12,14-15,19-20,22,35H,5,8,11,13H2,1-2H3,(H,26,33)(H,27,32)(H,28,31)/t19-,20-,22-/m0/s1. The number of carbonyl (C=O) groups excluding carboxylic acids is 5. The number of carbonyl (C=O) groups is 5. The van der Waals surface area contributed by atoms with Crippen LogP contribution in [-0.4, -0.2) is 64.7 Å². The van der Waals surface area contributed by atoms with E-state index in [0.29, 0.717) is 31.2 Å². The first-order chi connectivity index (χ1) is 16.7. The number of benzene rings is 2. The highest BCUT2D eigenvalue weighted by atomic mass is 16.5. The van der Waals surface area contributed by atoms with Crippen molar-refractivity contribution in [2.75, 3.05) is 6.54 Å². The van der Waals surface area contributed by atoms with Crippen molar-refractivity contribution in [3.05, 3.63) is 48.0 Å². The summed E-state index contributed by atoms with van der Waals surface area (Å²) < 4.78 is 0. The van der Waals surface area contributed by atoms with Crippen molar-refractivity contribution in [1.82, 2.24) is 21.0 Å². The zero-order valence-corrected chi connectivity index (χ0v) is 19.7. The third-order valence-electron chi connectivity index (χ3n) is 6.09. The highest BCUT2D eigenvalue weighted by Gasteiger charge is 2.39. The van der Waals surface area contributed by atoms with Crippen molar-refractivity contribution in [3.8, 4) is 0 Å². The molecule has 10 nitrogen and oxygen atoms in total. The van der Waals surface area contributed by atoms with Gasteiger partial charge in [0.25, 0.3) is 5.91 Å². The number of aldehydes is 1. The van der Waals surface area contributed by atoms with E-state index in [4.69, 9.17) is 5.21 Å². The minimum absolute atomic E-state index is 0.243. The number of likely N-dealkylation sites (tertiary alicyclic amines) is 1. The zero-order valence-electron chi connectivity index (χ0n) is 19.7. The average Bonchev–Trinajstić information content (AvgIpc) is 3.35. The van der Waals surface area contributed by atoms with Gasteiger partial charge in [-0.3, -0.25) is 24.4 Å². The molecule has 0 saturated carbocycles. The smallest absolute Gasteiger partial charge is 0.251 e. The van der Waals surface area contributed by atoms with Crippen molar-refractivity contribution in [2.45, 2.75) is 51.2 Å². The predicted octanol–water partition coefficient (Wildman–Crippen LogP) is 1.16. The number of hydrogen-bond acceptors (Lipinski definition) is 6. The minimum atomic E-state index is -1.14. The molecule has 35 heavy (non-hydrogen) atoms. The minimum Gasteiger partial charge on any atom is -0.344 e. The number of fused-ring (bicyclic) bond motifs is 1. The summed E-state index contributed by atoms with van der Waals surface area (Å²) in [6.07, 6.45) is 0.937. The molecular weight excluding hydrogens is 452 g/mol. The summed E-state index contributed by atoms with van der Waals surface area (Å²) >= 11 is 0. The van der Waals surface area contributed by atoms with Gasteiger partial charge in [0.05, 0.1) is 12.5 Å². The summed E-state index contributed by atoms with van der Waals surface area (Å²) in [5, 5.41) is 15.8. The lowest BCUT2D eigenvalue weighted by Crippen LogP contribution is -2.56. The van der Waals surface area contributed by atoms with Crippen molar-refractivity contribution in [1.29, 1.82) is 0 Å². The van der Waals surface area contributed by atoms with Gasteiger partial charge in [0.15, 0.2) is 0 Å². The molecule has 0 spiro atoms. The van der Waals surface area contributed by atoms with Gasteiger partial charge in [-0.25, -0.2) is 5.48 Å². The van der Waals surface area contributed by atoms with Crippen LogP contribution in [0.2, 0.25) is 0 Å². The van der Waals surface area contributed by atoms with E-state index in [0.717, 1.165) is 10.8 Å². The third kappa shape index (κ3) is 6.21. The van der Waals surface area contributed by atoms with Crippen LogP contribution in [0.25, 0.3) is 10.8 Å². The Morgan fingerprint density at radius 3 is 2.46 bits per heavy atom. The van der Waals surface area contributed by atoms with Gasteiger partial charge >= 0.3 is 0 Å². The Labute approximate surface area is 203 Å². The van der Waals surface area contributed by atoms with E-state index < -0.39 is 36.4 Å². The fraction of sp³-hybridized carbons (Fsp3) is 0.400. The quantitative estimate of drug-likeness (QED) is 0.240. The Morgan fingerprint density at radius 1 is 1.09 bits per heavy atom. The van der Waals surface area contributed by atoms with E-state index in [1.54, 1.807) is 12.1 Å². The van der Waals surface area contributed by atoms with Crippen LogP contribution in [0.15, 0.2) is 42.5 Å². The molecule has 2 aromatic rings. The van der Waals surface area contributed by atoms with E-state index in [9.17, 15) is 24.0 Å². The normalized spacial score (nSPS) is 17.0. The highest BCUT2D eigenvalue weighted by Crippen LogP contribution is 2.21. The Kier molecular flexibility index (Phi) is 8.53. The molecule has 10 heteroatoms. The van der Waals surface area contributed by atoms with Crippen LogP contribution in [0.1, 0.15) is 43.5 Å². The summed E-state index contributed by atoms with van der Waals surface area (Å²) in [4.78, 5) is 63.2. The van der Waals surface area contributed by atoms with Crippen molar-refractivity contribution >= 4 is 40.7 Å². The molecule has 0 radical (unpaired) electrons. The molecule has 0 aliphatic carbocycles. The number of hydroxylamine groups is 1. The van der Waals surface area contributed by atoms with Gasteiger partial charge in [-0.05, 0) is 41.7 Å². The lowest BCUT2D eigenvalue weighted by atomic mass is 10.0. The molecule has 3 atom stereocenters. The molecule has 1 fully saturated rings. The van der Waals surface area contributed by atoms with Crippen LogP contribution in [0, 0.1) is 5.92 Å². The molecule has 1 heterocycles. The Balaban J connectivity index is 1.72. The first kappa shape index (κ1) is 25.8. The van der Waals surface area contributed by atoms with Crippen LogP contribution in [0.4, 0.5) is 0 Å². The van der Waals surface area contributed by atoms with Crippen LogP contribution in [0.5, 0.6) is 0 Å². The van der Waals surface area contributed by atoms with Gasteiger partial charge in [0.2, 0.25) is 17.7 Å². The van der Waals surface area contributed by atoms with E-state index >= 15 is 0 Å². The van der Waals surface area contributed by atoms with E-state index in [-0.39, 0.29) is 17.7 Å². The zero-order chi connectivity index (χ0) is 25.5. The van der Waals surface area contributed by atoms with Crippen molar-refractivity contribution in [3.63, 3.8) is 0 Å². The van der Waals surface area contributed by atoms with Crippen molar-refractivity contribution < 1.29 is 29.2 Å². The molecule has 0 unspecified atom stereocenters. The third-order valence-corrected chi connectivity index (χ3v) is 6.09. The Bertz CT molecular complexity index is 1120. The maximum atomic E-state index is 13.4. The topological polar surface area (TPSA) is 145 Å². The van der Waals surface area contributed by atoms with E-state index in [1.807, 2.05) is 44.2 Å². The SMILES string of the molecule is CC(C)[C@H](NC(=O)c1ccc2ccccc2c1)C(=O)N1CCC[C@H]1C(=O)N[C@H](C=O)CC(=O)NO. The first-order valence-electron chi connectivity index (χ1n) is 11.5. The monoisotopic (exact) mass is 482 g/mol. The largest absolute Gasteiger partial charge is 0.344 e. The first-order valence-corrected chi connectivity index (χ1v) is 11.5. The Morgan fingerprint density at radius 2 is 1.80 bits per heavy atom. The average molecular weight is 483 g/mol. The maximum absolute atomic E-state index is 13.4. The molecule has 1 aliphatic rings. The molecule has 3 rings (SSSR count). The number of nitrogens with one attached hydrogen (secondary N) is 3. The number of nitrogens with zero attached hydrogens (tertiary/aromatic N) is 1. The second-order valence-electron chi connectivity index (χ2n) is 8.94. The summed E-state index contributed by atoms with van der Waals surface area (Å²) in [5.74, 6) is -2.41. The maximum Gasteiger partial charge on any atom is 0.251 e. The summed E-state index contributed by atoms with van der Waals surface area (Å²) in [6.45, 7) is 3.95. The highest BCUT2D eigenvalue weighted by molar-refractivity contribution is 6.01. The van der Waals surface area contributed by atoms with Gasteiger partial charge in [-0.2, -0.15) is 0 Å². The van der Waals surface area contributed by atoms with E-state index in [2.05, 4.69) is 10.6 Å². The molecular formula is C25H30N4O6. The number of amides is 4. The van der Waals surface area contributed by atoms with Gasteiger partial charge in [-0.15, -0.1) is 0 Å². The fourth-order valence-electron chi connectivity index (χ4n) is 4.21. The van der Waals surface area contributed by atoms with Crippen LogP contribution in [0.3, 0.4) is 0 Å². The lowest BCUT2D eigenvalue weighted by molar-refractivity contribution is -0.141. The Hall–Kier alpha value is -3.79. The lowest BCUT2D eigenvalue weighted by Gasteiger charge is -2.31. The molecule has 186 valence electrons. The summed E-state index contributed by atoms with van der Waals surface area (Å²) in [6, 6.07) is 10.1.